The van der Waals surface area contributed by atoms with Gasteiger partial charge in [0, 0.05) is 0 Å². The van der Waals surface area contributed by atoms with Crippen LogP contribution < -0.4 is 29.6 Å². The van der Waals surface area contributed by atoms with E-state index in [0.29, 0.717) is 0 Å². The fourth-order valence-electron chi connectivity index (χ4n) is 0. The van der Waals surface area contributed by atoms with Gasteiger partial charge in [-0.2, -0.15) is 0 Å². The second kappa shape index (κ2) is 8.82. The molecule has 0 N–H and O–H groups in total. The van der Waals surface area contributed by atoms with E-state index in [2.05, 4.69) is 5.92 Å². The van der Waals surface area contributed by atoms with Crippen LogP contribution in [0.15, 0.2) is 0 Å². The third-order valence-corrected chi connectivity index (χ3v) is 0.177. The van der Waals surface area contributed by atoms with E-state index in [1.54, 1.807) is 0 Å². The minimum atomic E-state index is 0. The molecule has 0 bridgehead atoms. The van der Waals surface area contributed by atoms with Gasteiger partial charge in [-0.25, -0.2) is 0 Å². The van der Waals surface area contributed by atoms with E-state index in [4.69, 9.17) is 6.42 Å². The van der Waals surface area contributed by atoms with Gasteiger partial charge in [-0.15, -0.1) is 0 Å². The molecule has 0 spiro atoms. The molecule has 0 amide bonds. The smallest absolute Gasteiger partial charge is 0.694 e. The molecule has 0 atom stereocenters. The first kappa shape index (κ1) is 9.12. The van der Waals surface area contributed by atoms with Crippen LogP contribution in [0.25, 0.3) is 0 Å². The first-order chi connectivity index (χ1) is 1.91. The third kappa shape index (κ3) is 12.3. The van der Waals surface area contributed by atoms with Crippen molar-refractivity contribution < 1.29 is 29.6 Å². The Kier molecular flexibility index (Phi) is 16.1. The summed E-state index contributed by atoms with van der Waals surface area (Å²) in [5, 5.41) is 0. The molecular weight excluding hydrogens is 71.0 g/mol. The van der Waals surface area contributed by atoms with E-state index >= 15 is 0 Å². The number of hydrogen-bond acceptors (Lipinski definition) is 0. The Labute approximate surface area is 55.2 Å². The van der Waals surface area contributed by atoms with Crippen LogP contribution in [0.4, 0.5) is 0 Å². The number of hydrogen-bond donors (Lipinski definition) is 0. The summed E-state index contributed by atoms with van der Waals surface area (Å²) in [6, 6.07) is 0. The van der Waals surface area contributed by atoms with E-state index in [-0.39, 0.29) is 29.6 Å². The minimum absolute atomic E-state index is 0. The molecule has 0 aliphatic rings. The monoisotopic (exact) mass is 76.0 g/mol. The summed E-state index contributed by atoms with van der Waals surface area (Å²) in [5.41, 5.74) is 0. The second-order valence-electron chi connectivity index (χ2n) is 0.530. The largest absolute Gasteiger partial charge is 1.00 e. The van der Waals surface area contributed by atoms with Gasteiger partial charge < -0.3 is 12.3 Å². The molecule has 0 unspecified atom stereocenters. The fourth-order valence-corrected chi connectivity index (χ4v) is 0. The molecule has 0 aliphatic heterocycles. The normalized spacial score (nSPS) is 4.00. The van der Waals surface area contributed by atoms with Gasteiger partial charge in [0.2, 0.25) is 0 Å². The Morgan fingerprint density at radius 2 is 2.00 bits per heavy atom. The van der Waals surface area contributed by atoms with Crippen LogP contribution in [0.2, 0.25) is 0 Å². The average Bonchev–Trinajstić information content (AvgIpc) is 1.37. The van der Waals surface area contributed by atoms with Crippen molar-refractivity contribution in [2.75, 3.05) is 0 Å². The Hall–Kier alpha value is 0.560. The van der Waals surface area contributed by atoms with Crippen LogP contribution in [0, 0.1) is 12.3 Å². The van der Waals surface area contributed by atoms with Gasteiger partial charge >= 0.3 is 29.6 Å². The Balaban J connectivity index is 0. The zero-order valence-electron chi connectivity index (χ0n) is 3.71. The first-order valence-corrected chi connectivity index (χ1v) is 1.31. The molecule has 0 saturated heterocycles. The van der Waals surface area contributed by atoms with Crippen LogP contribution in [-0.2, 0) is 0 Å². The molecule has 0 aliphatic carbocycles. The molecule has 0 nitrogen and oxygen atoms in total. The second-order valence-corrected chi connectivity index (χ2v) is 0.530. The summed E-state index contributed by atoms with van der Waals surface area (Å²) in [5.74, 6) is 2.18. The minimum Gasteiger partial charge on any atom is -0.694 e. The standard InChI is InChI=1S/C4H5.Na/c1-3-4-2;/h3H2,1H3;/q-1;+1. The summed E-state index contributed by atoms with van der Waals surface area (Å²) in [4.78, 5) is 0. The van der Waals surface area contributed by atoms with E-state index < -0.39 is 0 Å². The fraction of sp³-hybridized carbons (Fsp3) is 0.500. The maximum Gasteiger partial charge on any atom is 1.00 e. The molecule has 0 aromatic rings. The molecule has 0 rings (SSSR count). The topological polar surface area (TPSA) is 0 Å². The Morgan fingerprint density at radius 3 is 2.00 bits per heavy atom. The van der Waals surface area contributed by atoms with Gasteiger partial charge in [0.15, 0.2) is 0 Å². The molecule has 0 aromatic heterocycles. The summed E-state index contributed by atoms with van der Waals surface area (Å²) < 4.78 is 0. The van der Waals surface area contributed by atoms with Crippen molar-refractivity contribution in [1.29, 1.82) is 0 Å². The average molecular weight is 76.1 g/mol. The van der Waals surface area contributed by atoms with Gasteiger partial charge in [0.05, 0.1) is 0 Å². The number of rotatable bonds is 0. The zero-order valence-corrected chi connectivity index (χ0v) is 5.71. The van der Waals surface area contributed by atoms with Gasteiger partial charge in [-0.1, -0.05) is 6.92 Å². The molecule has 0 radical (unpaired) electrons. The molecule has 0 fully saturated rings. The Morgan fingerprint density at radius 1 is 1.80 bits per heavy atom. The summed E-state index contributed by atoms with van der Waals surface area (Å²) in [6.45, 7) is 1.88. The van der Waals surface area contributed by atoms with Crippen LogP contribution in [0.5, 0.6) is 0 Å². The van der Waals surface area contributed by atoms with E-state index in [0.717, 1.165) is 6.42 Å². The van der Waals surface area contributed by atoms with Crippen molar-refractivity contribution >= 4 is 0 Å². The SMILES string of the molecule is [C-]#CCC.[Na+]. The van der Waals surface area contributed by atoms with Crippen LogP contribution in [0.3, 0.4) is 0 Å². The van der Waals surface area contributed by atoms with Gasteiger partial charge in [0.1, 0.15) is 0 Å². The summed E-state index contributed by atoms with van der Waals surface area (Å²) in [7, 11) is 0. The molecular formula is C4H5Na. The van der Waals surface area contributed by atoms with Crippen LogP contribution >= 0.6 is 0 Å². The van der Waals surface area contributed by atoms with Crippen LogP contribution in [0.1, 0.15) is 13.3 Å². The molecule has 0 aromatic carbocycles. The van der Waals surface area contributed by atoms with E-state index in [1.807, 2.05) is 6.92 Å². The molecule has 0 heterocycles. The quantitative estimate of drug-likeness (QED) is 0.178. The van der Waals surface area contributed by atoms with Gasteiger partial charge in [0.25, 0.3) is 0 Å². The maximum atomic E-state index is 6.20. The van der Waals surface area contributed by atoms with E-state index in [9.17, 15) is 0 Å². The summed E-state index contributed by atoms with van der Waals surface area (Å²) >= 11 is 0. The van der Waals surface area contributed by atoms with Gasteiger partial charge in [-0.3, -0.25) is 0 Å². The van der Waals surface area contributed by atoms with Crippen LogP contribution in [-0.4, -0.2) is 0 Å². The Bertz CT molecular complexity index is 33.4. The van der Waals surface area contributed by atoms with Crippen molar-refractivity contribution in [3.63, 3.8) is 0 Å². The molecule has 5 heavy (non-hydrogen) atoms. The van der Waals surface area contributed by atoms with Crippen molar-refractivity contribution in [3.05, 3.63) is 6.42 Å². The summed E-state index contributed by atoms with van der Waals surface area (Å²) in [6.07, 6.45) is 6.94. The maximum absolute atomic E-state index is 6.20. The zero-order chi connectivity index (χ0) is 3.41. The van der Waals surface area contributed by atoms with E-state index in [1.165, 1.54) is 0 Å². The predicted octanol–water partition coefficient (Wildman–Crippen LogP) is -2.01. The molecule has 22 valence electrons. The first-order valence-electron chi connectivity index (χ1n) is 1.31. The van der Waals surface area contributed by atoms with Gasteiger partial charge in [-0.05, 0) is 6.42 Å². The molecule has 1 heteroatoms. The molecule has 0 saturated carbocycles. The van der Waals surface area contributed by atoms with Crippen molar-refractivity contribution in [3.8, 4) is 5.92 Å². The van der Waals surface area contributed by atoms with Crippen molar-refractivity contribution in [2.45, 2.75) is 13.3 Å². The van der Waals surface area contributed by atoms with Crippen molar-refractivity contribution in [1.82, 2.24) is 0 Å². The third-order valence-electron chi connectivity index (χ3n) is 0.177. The predicted molar refractivity (Wildman–Crippen MR) is 17.4 cm³/mol. The van der Waals surface area contributed by atoms with Crippen molar-refractivity contribution in [2.24, 2.45) is 0 Å².